The molecule has 1 aromatic heterocycles. The Bertz CT molecular complexity index is 626. The Morgan fingerprint density at radius 1 is 1.35 bits per heavy atom. The van der Waals surface area contributed by atoms with Crippen LogP contribution in [0.15, 0.2) is 40.2 Å². The highest BCUT2D eigenvalue weighted by molar-refractivity contribution is 9.10. The van der Waals surface area contributed by atoms with Gasteiger partial charge in [0.2, 0.25) is 5.91 Å². The van der Waals surface area contributed by atoms with Gasteiger partial charge in [-0.3, -0.25) is 4.79 Å². The van der Waals surface area contributed by atoms with Gasteiger partial charge in [-0.2, -0.15) is 0 Å². The van der Waals surface area contributed by atoms with Crippen LogP contribution in [-0.4, -0.2) is 12.5 Å². The first kappa shape index (κ1) is 13.6. The molecule has 0 bridgehead atoms. The number of thiophene rings is 1. The second-order valence-electron chi connectivity index (χ2n) is 4.74. The number of nitrogens with zero attached hydrogens (tertiary/aromatic N) is 1. The van der Waals surface area contributed by atoms with Crippen molar-refractivity contribution in [3.8, 4) is 0 Å². The van der Waals surface area contributed by atoms with Gasteiger partial charge < -0.3 is 10.2 Å². The molecule has 0 spiro atoms. The highest BCUT2D eigenvalue weighted by Gasteiger charge is 2.21. The van der Waals surface area contributed by atoms with Crippen LogP contribution in [0.3, 0.4) is 0 Å². The van der Waals surface area contributed by atoms with Gasteiger partial charge in [-0.25, -0.2) is 0 Å². The van der Waals surface area contributed by atoms with Crippen molar-refractivity contribution in [2.75, 3.05) is 16.8 Å². The topological polar surface area (TPSA) is 32.3 Å². The first-order chi connectivity index (χ1) is 9.74. The molecule has 20 heavy (non-hydrogen) atoms. The van der Waals surface area contributed by atoms with Crippen LogP contribution in [0.2, 0.25) is 0 Å². The number of carbonyl (C=O) groups is 1. The summed E-state index contributed by atoms with van der Waals surface area (Å²) in [6.07, 6.45) is 1.62. The van der Waals surface area contributed by atoms with Crippen LogP contribution >= 0.6 is 27.3 Å². The lowest BCUT2D eigenvalue weighted by Gasteiger charge is -2.17. The summed E-state index contributed by atoms with van der Waals surface area (Å²) in [7, 11) is 0. The summed E-state index contributed by atoms with van der Waals surface area (Å²) in [4.78, 5) is 14.9. The number of halogens is 1. The average Bonchev–Trinajstić information content (AvgIpc) is 3.05. The van der Waals surface area contributed by atoms with Crippen LogP contribution in [-0.2, 0) is 11.3 Å². The summed E-state index contributed by atoms with van der Waals surface area (Å²) < 4.78 is 1.14. The lowest BCUT2D eigenvalue weighted by Crippen LogP contribution is -2.23. The molecule has 5 heteroatoms. The Morgan fingerprint density at radius 3 is 2.95 bits per heavy atom. The van der Waals surface area contributed by atoms with E-state index in [0.717, 1.165) is 35.4 Å². The minimum Gasteiger partial charge on any atom is -0.380 e. The van der Waals surface area contributed by atoms with Crippen molar-refractivity contribution in [1.82, 2.24) is 0 Å². The second-order valence-corrected chi connectivity index (χ2v) is 6.60. The van der Waals surface area contributed by atoms with E-state index < -0.39 is 0 Å². The summed E-state index contributed by atoms with van der Waals surface area (Å²) >= 11 is 5.26. The zero-order valence-electron chi connectivity index (χ0n) is 10.9. The van der Waals surface area contributed by atoms with Crippen LogP contribution in [0.1, 0.15) is 17.7 Å². The van der Waals surface area contributed by atoms with Crippen molar-refractivity contribution in [3.63, 3.8) is 0 Å². The molecule has 0 atom stereocenters. The molecule has 1 amide bonds. The second kappa shape index (κ2) is 5.97. The molecule has 1 aliphatic heterocycles. The number of rotatable bonds is 4. The monoisotopic (exact) mass is 350 g/mol. The predicted molar refractivity (Wildman–Crippen MR) is 87.4 cm³/mol. The number of hydrogen-bond acceptors (Lipinski definition) is 3. The van der Waals surface area contributed by atoms with E-state index in [1.54, 1.807) is 11.3 Å². The Kier molecular flexibility index (Phi) is 4.08. The van der Waals surface area contributed by atoms with Crippen molar-refractivity contribution in [1.29, 1.82) is 0 Å². The molecule has 0 saturated carbocycles. The Morgan fingerprint density at radius 2 is 2.25 bits per heavy atom. The predicted octanol–water partition coefficient (Wildman–Crippen LogP) is 4.25. The largest absolute Gasteiger partial charge is 0.380 e. The van der Waals surface area contributed by atoms with Crippen molar-refractivity contribution in [2.24, 2.45) is 0 Å². The maximum atomic E-state index is 11.8. The molecule has 0 radical (unpaired) electrons. The van der Waals surface area contributed by atoms with Crippen LogP contribution in [0.25, 0.3) is 0 Å². The van der Waals surface area contributed by atoms with E-state index in [1.807, 2.05) is 29.2 Å². The fourth-order valence-corrected chi connectivity index (χ4v) is 3.77. The number of nitrogens with one attached hydrogen (secondary N) is 1. The summed E-state index contributed by atoms with van der Waals surface area (Å²) in [6, 6.07) is 10.1. The van der Waals surface area contributed by atoms with Gasteiger partial charge in [-0.05, 0) is 52.0 Å². The van der Waals surface area contributed by atoms with Gasteiger partial charge in [-0.15, -0.1) is 11.3 Å². The molecular formula is C15H15BrN2OS. The molecule has 3 rings (SSSR count). The van der Waals surface area contributed by atoms with Gasteiger partial charge in [0, 0.05) is 33.7 Å². The molecule has 3 nitrogen and oxygen atoms in total. The third-order valence-electron chi connectivity index (χ3n) is 3.38. The van der Waals surface area contributed by atoms with Crippen molar-refractivity contribution < 1.29 is 4.79 Å². The van der Waals surface area contributed by atoms with Crippen molar-refractivity contribution in [2.45, 2.75) is 19.4 Å². The Labute approximate surface area is 130 Å². The van der Waals surface area contributed by atoms with Crippen molar-refractivity contribution >= 4 is 44.5 Å². The highest BCUT2D eigenvalue weighted by atomic mass is 79.9. The first-order valence-electron chi connectivity index (χ1n) is 6.60. The third kappa shape index (κ3) is 2.88. The SMILES string of the molecule is O=C1CCCN1c1cccc(NCc2sccc2Br)c1. The molecule has 1 fully saturated rings. The van der Waals surface area contributed by atoms with Crippen LogP contribution in [0, 0.1) is 0 Å². The Hall–Kier alpha value is -1.33. The van der Waals surface area contributed by atoms with Gasteiger partial charge in [0.1, 0.15) is 0 Å². The van der Waals surface area contributed by atoms with E-state index >= 15 is 0 Å². The molecule has 1 aliphatic rings. The van der Waals surface area contributed by atoms with Gasteiger partial charge in [-0.1, -0.05) is 6.07 Å². The zero-order chi connectivity index (χ0) is 13.9. The number of benzene rings is 1. The standard InChI is InChI=1S/C15H15BrN2OS/c16-13-6-8-20-14(13)10-17-11-3-1-4-12(9-11)18-7-2-5-15(18)19/h1,3-4,6,8-9,17H,2,5,7,10H2. The molecule has 1 N–H and O–H groups in total. The molecule has 0 aliphatic carbocycles. The lowest BCUT2D eigenvalue weighted by atomic mass is 10.2. The smallest absolute Gasteiger partial charge is 0.227 e. The summed E-state index contributed by atoms with van der Waals surface area (Å²) in [5.41, 5.74) is 2.03. The van der Waals surface area contributed by atoms with Crippen LogP contribution < -0.4 is 10.2 Å². The first-order valence-corrected chi connectivity index (χ1v) is 8.27. The van der Waals surface area contributed by atoms with Crippen LogP contribution in [0.5, 0.6) is 0 Å². The van der Waals surface area contributed by atoms with Gasteiger partial charge in [0.05, 0.1) is 6.54 Å². The van der Waals surface area contributed by atoms with E-state index in [0.29, 0.717) is 6.42 Å². The average molecular weight is 351 g/mol. The van der Waals surface area contributed by atoms with E-state index in [-0.39, 0.29) is 5.91 Å². The van der Waals surface area contributed by atoms with Gasteiger partial charge in [0.25, 0.3) is 0 Å². The van der Waals surface area contributed by atoms with Gasteiger partial charge in [0.15, 0.2) is 0 Å². The summed E-state index contributed by atoms with van der Waals surface area (Å²) in [5.74, 6) is 0.225. The minimum atomic E-state index is 0.225. The number of anilines is 2. The van der Waals surface area contributed by atoms with Crippen LogP contribution in [0.4, 0.5) is 11.4 Å². The summed E-state index contributed by atoms with van der Waals surface area (Å²) in [6.45, 7) is 1.62. The normalized spacial score (nSPS) is 14.8. The molecule has 1 saturated heterocycles. The highest BCUT2D eigenvalue weighted by Crippen LogP contribution is 2.26. The zero-order valence-corrected chi connectivity index (χ0v) is 13.3. The fraction of sp³-hybridized carbons (Fsp3) is 0.267. The minimum absolute atomic E-state index is 0.225. The quantitative estimate of drug-likeness (QED) is 0.893. The lowest BCUT2D eigenvalue weighted by molar-refractivity contribution is -0.117. The van der Waals surface area contributed by atoms with E-state index in [2.05, 4.69) is 32.7 Å². The summed E-state index contributed by atoms with van der Waals surface area (Å²) in [5, 5.41) is 5.48. The maximum Gasteiger partial charge on any atom is 0.227 e. The molecule has 2 heterocycles. The maximum absolute atomic E-state index is 11.8. The molecule has 0 unspecified atom stereocenters. The van der Waals surface area contributed by atoms with Gasteiger partial charge >= 0.3 is 0 Å². The number of carbonyl (C=O) groups excluding carboxylic acids is 1. The fourth-order valence-electron chi connectivity index (χ4n) is 2.34. The Balaban J connectivity index is 1.71. The van der Waals surface area contributed by atoms with E-state index in [4.69, 9.17) is 0 Å². The number of amides is 1. The van der Waals surface area contributed by atoms with Crippen molar-refractivity contribution in [3.05, 3.63) is 45.1 Å². The molecular weight excluding hydrogens is 336 g/mol. The number of hydrogen-bond donors (Lipinski definition) is 1. The molecule has 2 aromatic rings. The van der Waals surface area contributed by atoms with E-state index in [9.17, 15) is 4.79 Å². The molecule has 1 aromatic carbocycles. The molecule has 104 valence electrons. The third-order valence-corrected chi connectivity index (χ3v) is 5.30. The van der Waals surface area contributed by atoms with E-state index in [1.165, 1.54) is 4.88 Å².